The second-order valence-corrected chi connectivity index (χ2v) is 9.02. The molecule has 8 heteroatoms. The minimum atomic E-state index is -0.221. The molecule has 1 amide bonds. The van der Waals surface area contributed by atoms with Gasteiger partial charge in [0.25, 0.3) is 0 Å². The lowest BCUT2D eigenvalue weighted by molar-refractivity contribution is -0.115. The highest BCUT2D eigenvalue weighted by Gasteiger charge is 2.17. The van der Waals surface area contributed by atoms with Gasteiger partial charge in [0.1, 0.15) is 0 Å². The summed E-state index contributed by atoms with van der Waals surface area (Å²) in [5.41, 5.74) is 0.787. The molecular weight excluding hydrogens is 390 g/mol. The van der Waals surface area contributed by atoms with E-state index in [1.54, 1.807) is 11.8 Å². The summed E-state index contributed by atoms with van der Waals surface area (Å²) in [6, 6.07) is 7.51. The Balaban J connectivity index is 1.90. The molecule has 0 saturated carbocycles. The monoisotopic (exact) mass is 403 g/mol. The van der Waals surface area contributed by atoms with Gasteiger partial charge in [0.15, 0.2) is 8.68 Å². The zero-order valence-corrected chi connectivity index (χ0v) is 15.5. The van der Waals surface area contributed by atoms with Crippen LogP contribution in [0, 0.1) is 0 Å². The molecule has 0 fully saturated rings. The molecule has 0 aliphatic carbocycles. The Hall–Kier alpha value is -0.570. The minimum absolute atomic E-state index is 0.0396. The molecule has 0 radical (unpaired) electrons. The van der Waals surface area contributed by atoms with Crippen molar-refractivity contribution in [3.63, 3.8) is 0 Å². The molecule has 1 aromatic heterocycles. The maximum atomic E-state index is 12.1. The third-order valence-electron chi connectivity index (χ3n) is 2.41. The number of hydrogen-bond acceptors (Lipinski definition) is 6. The Kier molecular flexibility index (Phi) is 6.53. The van der Waals surface area contributed by atoms with E-state index < -0.39 is 0 Å². The molecular formula is C13H14BrN3OS3. The normalized spacial score (nSPS) is 12.1. The number of halogens is 1. The van der Waals surface area contributed by atoms with E-state index in [1.165, 1.54) is 23.1 Å². The summed E-state index contributed by atoms with van der Waals surface area (Å²) in [6.45, 7) is 3.94. The van der Waals surface area contributed by atoms with Gasteiger partial charge in [-0.1, -0.05) is 57.7 Å². The van der Waals surface area contributed by atoms with Gasteiger partial charge in [-0.15, -0.1) is 10.2 Å². The first kappa shape index (κ1) is 16.8. The van der Waals surface area contributed by atoms with Crippen molar-refractivity contribution in [2.45, 2.75) is 27.8 Å². The third kappa shape index (κ3) is 5.28. The van der Waals surface area contributed by atoms with Crippen LogP contribution in [0.1, 0.15) is 13.8 Å². The predicted octanol–water partition coefficient (Wildman–Crippen LogP) is 4.53. The highest BCUT2D eigenvalue weighted by atomic mass is 79.9. The van der Waals surface area contributed by atoms with Crippen LogP contribution >= 0.6 is 50.8 Å². The first-order valence-corrected chi connectivity index (χ1v) is 9.75. The Morgan fingerprint density at radius 2 is 2.00 bits per heavy atom. The van der Waals surface area contributed by atoms with Crippen LogP contribution in [-0.4, -0.2) is 27.1 Å². The number of rotatable bonds is 6. The number of hydrogen-bond donors (Lipinski definition) is 1. The second-order valence-electron chi connectivity index (χ2n) is 4.02. The smallest absolute Gasteiger partial charge is 0.237 e. The summed E-state index contributed by atoms with van der Waals surface area (Å²) in [5.74, 6) is 0.932. The number of carbonyl (C=O) groups is 1. The van der Waals surface area contributed by atoms with Crippen LogP contribution in [0.5, 0.6) is 0 Å². The molecule has 2 aromatic rings. The Labute approximate surface area is 144 Å². The largest absolute Gasteiger partial charge is 0.325 e. The molecule has 0 saturated heterocycles. The average molecular weight is 404 g/mol. The molecule has 0 aliphatic rings. The lowest BCUT2D eigenvalue weighted by Gasteiger charge is -2.10. The Morgan fingerprint density at radius 3 is 2.67 bits per heavy atom. The summed E-state index contributed by atoms with van der Waals surface area (Å²) in [5, 5.41) is 10.9. The first-order chi connectivity index (χ1) is 10.1. The number of aromatic nitrogens is 2. The SMILES string of the molecule is CCSc1nnc(S[C@H](C)C(=O)Nc2ccc(Br)cc2)s1. The highest BCUT2D eigenvalue weighted by molar-refractivity contribution is 9.10. The molecule has 1 heterocycles. The molecule has 0 bridgehead atoms. The number of thioether (sulfide) groups is 2. The number of nitrogens with zero attached hydrogens (tertiary/aromatic N) is 2. The van der Waals surface area contributed by atoms with Crippen molar-refractivity contribution < 1.29 is 4.79 Å². The van der Waals surface area contributed by atoms with Gasteiger partial charge in [0, 0.05) is 10.2 Å². The van der Waals surface area contributed by atoms with Gasteiger partial charge in [-0.2, -0.15) is 0 Å². The van der Waals surface area contributed by atoms with E-state index in [0.717, 1.165) is 24.6 Å². The van der Waals surface area contributed by atoms with E-state index in [1.807, 2.05) is 31.2 Å². The van der Waals surface area contributed by atoms with Gasteiger partial charge in [-0.3, -0.25) is 4.79 Å². The molecule has 0 aliphatic heterocycles. The predicted molar refractivity (Wildman–Crippen MR) is 94.4 cm³/mol. The van der Waals surface area contributed by atoms with Crippen molar-refractivity contribution in [3.05, 3.63) is 28.7 Å². The highest BCUT2D eigenvalue weighted by Crippen LogP contribution is 2.31. The van der Waals surface area contributed by atoms with Crippen LogP contribution in [0.3, 0.4) is 0 Å². The Bertz CT molecular complexity index is 603. The van der Waals surface area contributed by atoms with Crippen molar-refractivity contribution in [3.8, 4) is 0 Å². The number of carbonyl (C=O) groups excluding carboxylic acids is 1. The topological polar surface area (TPSA) is 54.9 Å². The fraction of sp³-hybridized carbons (Fsp3) is 0.308. The quantitative estimate of drug-likeness (QED) is 0.717. The third-order valence-corrected chi connectivity index (χ3v) is 6.07. The van der Waals surface area contributed by atoms with Crippen LogP contribution in [-0.2, 0) is 4.79 Å². The fourth-order valence-electron chi connectivity index (χ4n) is 1.41. The minimum Gasteiger partial charge on any atom is -0.325 e. The molecule has 1 aromatic carbocycles. The molecule has 1 N–H and O–H groups in total. The summed E-state index contributed by atoms with van der Waals surface area (Å²) < 4.78 is 2.75. The van der Waals surface area contributed by atoms with Crippen LogP contribution in [0.15, 0.2) is 37.4 Å². The van der Waals surface area contributed by atoms with Crippen LogP contribution in [0.2, 0.25) is 0 Å². The van der Waals surface area contributed by atoms with E-state index in [2.05, 4.69) is 38.4 Å². The van der Waals surface area contributed by atoms with Gasteiger partial charge in [-0.05, 0) is 36.9 Å². The van der Waals surface area contributed by atoms with Crippen molar-refractivity contribution >= 4 is 62.4 Å². The van der Waals surface area contributed by atoms with Crippen LogP contribution in [0.25, 0.3) is 0 Å². The molecule has 4 nitrogen and oxygen atoms in total. The van der Waals surface area contributed by atoms with E-state index in [9.17, 15) is 4.79 Å². The lowest BCUT2D eigenvalue weighted by Crippen LogP contribution is -2.22. The average Bonchev–Trinajstić information content (AvgIpc) is 2.89. The number of anilines is 1. The standard InChI is InChI=1S/C13H14BrN3OS3/c1-3-19-12-16-17-13(21-12)20-8(2)11(18)15-10-6-4-9(14)5-7-10/h4-8H,3H2,1-2H3,(H,15,18)/t8-/m1/s1. The van der Waals surface area contributed by atoms with Crippen molar-refractivity contribution in [2.24, 2.45) is 0 Å². The number of benzene rings is 1. The fourth-order valence-corrected chi connectivity index (χ4v) is 4.73. The molecule has 112 valence electrons. The van der Waals surface area contributed by atoms with Gasteiger partial charge < -0.3 is 5.32 Å². The molecule has 21 heavy (non-hydrogen) atoms. The lowest BCUT2D eigenvalue weighted by atomic mass is 10.3. The van der Waals surface area contributed by atoms with E-state index in [-0.39, 0.29) is 11.2 Å². The van der Waals surface area contributed by atoms with Gasteiger partial charge in [-0.25, -0.2) is 0 Å². The maximum absolute atomic E-state index is 12.1. The summed E-state index contributed by atoms with van der Waals surface area (Å²) >= 11 is 7.99. The van der Waals surface area contributed by atoms with Gasteiger partial charge in [0.2, 0.25) is 5.91 Å². The Morgan fingerprint density at radius 1 is 1.33 bits per heavy atom. The molecule has 1 atom stereocenters. The van der Waals surface area contributed by atoms with Crippen molar-refractivity contribution in [1.29, 1.82) is 0 Å². The molecule has 0 unspecified atom stereocenters. The number of nitrogens with one attached hydrogen (secondary N) is 1. The number of amides is 1. The van der Waals surface area contributed by atoms with E-state index in [0.29, 0.717) is 0 Å². The van der Waals surface area contributed by atoms with Gasteiger partial charge in [0.05, 0.1) is 5.25 Å². The van der Waals surface area contributed by atoms with E-state index in [4.69, 9.17) is 0 Å². The van der Waals surface area contributed by atoms with E-state index >= 15 is 0 Å². The zero-order valence-electron chi connectivity index (χ0n) is 11.5. The summed E-state index contributed by atoms with van der Waals surface area (Å²) in [6.07, 6.45) is 0. The zero-order chi connectivity index (χ0) is 15.2. The molecule has 2 rings (SSSR count). The van der Waals surface area contributed by atoms with Crippen molar-refractivity contribution in [2.75, 3.05) is 11.1 Å². The van der Waals surface area contributed by atoms with Crippen molar-refractivity contribution in [1.82, 2.24) is 10.2 Å². The molecule has 0 spiro atoms. The summed E-state index contributed by atoms with van der Waals surface area (Å²) in [7, 11) is 0. The van der Waals surface area contributed by atoms with Gasteiger partial charge >= 0.3 is 0 Å². The van der Waals surface area contributed by atoms with Crippen LogP contribution in [0.4, 0.5) is 5.69 Å². The second kappa shape index (κ2) is 8.17. The van der Waals surface area contributed by atoms with Crippen LogP contribution < -0.4 is 5.32 Å². The summed E-state index contributed by atoms with van der Waals surface area (Å²) in [4.78, 5) is 12.1. The maximum Gasteiger partial charge on any atom is 0.237 e. The first-order valence-electron chi connectivity index (χ1n) is 6.28.